The molecule has 4 heteroatoms. The molecule has 1 aromatic heterocycles. The minimum absolute atomic E-state index is 0.0814. The number of nitrogens with zero attached hydrogens (tertiary/aromatic N) is 1. The Morgan fingerprint density at radius 1 is 1.38 bits per heavy atom. The summed E-state index contributed by atoms with van der Waals surface area (Å²) in [5.74, 6) is 1.05. The Morgan fingerprint density at radius 3 is 2.81 bits per heavy atom. The average molecular weight is 304 g/mol. The van der Waals surface area contributed by atoms with Crippen molar-refractivity contribution >= 4 is 17.2 Å². The van der Waals surface area contributed by atoms with Gasteiger partial charge in [-0.2, -0.15) is 0 Å². The van der Waals surface area contributed by atoms with Crippen molar-refractivity contribution in [1.29, 1.82) is 0 Å². The lowest BCUT2D eigenvalue weighted by atomic mass is 9.67. The van der Waals surface area contributed by atoms with Crippen molar-refractivity contribution in [3.63, 3.8) is 0 Å². The summed E-state index contributed by atoms with van der Waals surface area (Å²) in [7, 11) is 0. The molecule has 4 rings (SSSR count). The summed E-state index contributed by atoms with van der Waals surface area (Å²) in [5.41, 5.74) is 0.523. The van der Waals surface area contributed by atoms with Gasteiger partial charge < -0.3 is 4.90 Å². The van der Waals surface area contributed by atoms with Gasteiger partial charge in [-0.1, -0.05) is 26.8 Å². The Bertz CT molecular complexity index is 563. The van der Waals surface area contributed by atoms with Gasteiger partial charge in [0.1, 0.15) is 6.17 Å². The summed E-state index contributed by atoms with van der Waals surface area (Å²) in [5, 5.41) is 5.54. The third-order valence-electron chi connectivity index (χ3n) is 6.30. The fourth-order valence-electron chi connectivity index (χ4n) is 5.47. The quantitative estimate of drug-likeness (QED) is 0.908. The summed E-state index contributed by atoms with van der Waals surface area (Å²) in [6.45, 7) is 7.65. The van der Waals surface area contributed by atoms with Crippen LogP contribution in [0, 0.1) is 16.7 Å². The first-order valence-corrected chi connectivity index (χ1v) is 8.89. The minimum atomic E-state index is 0.0814. The lowest BCUT2D eigenvalue weighted by Crippen LogP contribution is -2.54. The second-order valence-electron chi connectivity index (χ2n) is 7.92. The zero-order valence-electron chi connectivity index (χ0n) is 13.1. The molecule has 2 aliphatic carbocycles. The van der Waals surface area contributed by atoms with Crippen molar-refractivity contribution in [3.05, 3.63) is 22.4 Å². The molecule has 21 heavy (non-hydrogen) atoms. The number of thiophene rings is 1. The minimum Gasteiger partial charge on any atom is -0.317 e. The van der Waals surface area contributed by atoms with E-state index in [0.29, 0.717) is 18.0 Å². The maximum atomic E-state index is 12.6. The molecular weight excluding hydrogens is 280 g/mol. The van der Waals surface area contributed by atoms with Crippen molar-refractivity contribution in [2.24, 2.45) is 16.7 Å². The molecule has 3 fully saturated rings. The van der Waals surface area contributed by atoms with E-state index >= 15 is 0 Å². The van der Waals surface area contributed by atoms with E-state index in [0.717, 1.165) is 5.92 Å². The van der Waals surface area contributed by atoms with Gasteiger partial charge in [-0.05, 0) is 47.5 Å². The number of fused-ring (bicyclic) bond motifs is 2. The normalized spacial score (nSPS) is 41.2. The lowest BCUT2D eigenvalue weighted by molar-refractivity contribution is -0.137. The third-order valence-corrected chi connectivity index (χ3v) is 7.22. The van der Waals surface area contributed by atoms with Gasteiger partial charge in [0.2, 0.25) is 5.91 Å². The van der Waals surface area contributed by atoms with Crippen LogP contribution in [-0.4, -0.2) is 23.4 Å². The highest BCUT2D eigenvalue weighted by atomic mass is 32.1. The maximum Gasteiger partial charge on any atom is 0.238 e. The zero-order valence-corrected chi connectivity index (χ0v) is 13.9. The van der Waals surface area contributed by atoms with Crippen molar-refractivity contribution in [1.82, 2.24) is 10.2 Å². The molecule has 2 saturated carbocycles. The Kier molecular flexibility index (Phi) is 2.84. The summed E-state index contributed by atoms with van der Waals surface area (Å²) in [6, 6.07) is 4.59. The second kappa shape index (κ2) is 4.32. The van der Waals surface area contributed by atoms with Crippen LogP contribution < -0.4 is 5.32 Å². The van der Waals surface area contributed by atoms with Crippen molar-refractivity contribution in [3.8, 4) is 0 Å². The van der Waals surface area contributed by atoms with E-state index in [4.69, 9.17) is 0 Å². The van der Waals surface area contributed by atoms with Gasteiger partial charge in [-0.15, -0.1) is 11.3 Å². The van der Waals surface area contributed by atoms with Crippen LogP contribution in [0.25, 0.3) is 0 Å². The molecule has 0 aromatic carbocycles. The SMILES string of the molecule is CC12CCC(C1)C(C)(C)C2N1C(=O)CNC1c1cccs1. The van der Waals surface area contributed by atoms with Gasteiger partial charge >= 0.3 is 0 Å². The molecule has 2 bridgehead atoms. The Balaban J connectivity index is 1.75. The molecule has 2 heterocycles. The van der Waals surface area contributed by atoms with Gasteiger partial charge in [0.05, 0.1) is 6.54 Å². The Hall–Kier alpha value is -0.870. The predicted octanol–water partition coefficient (Wildman–Crippen LogP) is 3.39. The first-order valence-electron chi connectivity index (χ1n) is 8.01. The van der Waals surface area contributed by atoms with Crippen LogP contribution in [0.4, 0.5) is 0 Å². The van der Waals surface area contributed by atoms with E-state index < -0.39 is 0 Å². The van der Waals surface area contributed by atoms with Crippen LogP contribution in [0.1, 0.15) is 51.1 Å². The second-order valence-corrected chi connectivity index (χ2v) is 8.90. The van der Waals surface area contributed by atoms with Gasteiger partial charge in [0.25, 0.3) is 0 Å². The highest BCUT2D eigenvalue weighted by Gasteiger charge is 2.63. The predicted molar refractivity (Wildman–Crippen MR) is 84.9 cm³/mol. The van der Waals surface area contributed by atoms with E-state index in [-0.39, 0.29) is 17.5 Å². The summed E-state index contributed by atoms with van der Waals surface area (Å²) >= 11 is 1.75. The maximum absolute atomic E-state index is 12.6. The number of amides is 1. The van der Waals surface area contributed by atoms with E-state index in [1.807, 2.05) is 0 Å². The standard InChI is InChI=1S/C17H24N2OS/c1-16(2)11-6-7-17(3,9-11)15(16)19-13(20)10-18-14(19)12-5-4-8-21-12/h4-5,8,11,14-15,18H,6-7,9-10H2,1-3H3. The van der Waals surface area contributed by atoms with Crippen LogP contribution in [0.2, 0.25) is 0 Å². The van der Waals surface area contributed by atoms with E-state index in [1.165, 1.54) is 24.1 Å². The first-order chi connectivity index (χ1) is 9.93. The highest BCUT2D eigenvalue weighted by Crippen LogP contribution is 2.65. The summed E-state index contributed by atoms with van der Waals surface area (Å²) in [4.78, 5) is 16.1. The molecule has 3 nitrogen and oxygen atoms in total. The molecule has 4 unspecified atom stereocenters. The Morgan fingerprint density at radius 2 is 2.19 bits per heavy atom. The molecule has 4 atom stereocenters. The first kappa shape index (κ1) is 13.8. The Labute approximate surface area is 130 Å². The van der Waals surface area contributed by atoms with Crippen LogP contribution in [0.5, 0.6) is 0 Å². The molecule has 114 valence electrons. The van der Waals surface area contributed by atoms with Gasteiger partial charge in [0.15, 0.2) is 0 Å². The van der Waals surface area contributed by atoms with Crippen molar-refractivity contribution in [2.45, 2.75) is 52.2 Å². The summed E-state index contributed by atoms with van der Waals surface area (Å²) in [6.07, 6.45) is 3.97. The van der Waals surface area contributed by atoms with Crippen LogP contribution in [-0.2, 0) is 4.79 Å². The fourth-order valence-corrected chi connectivity index (χ4v) is 6.26. The molecule has 1 N–H and O–H groups in total. The topological polar surface area (TPSA) is 32.3 Å². The molecule has 0 radical (unpaired) electrons. The van der Waals surface area contributed by atoms with E-state index in [9.17, 15) is 4.79 Å². The molecule has 1 aromatic rings. The van der Waals surface area contributed by atoms with Crippen molar-refractivity contribution in [2.75, 3.05) is 6.54 Å². The number of carbonyl (C=O) groups is 1. The monoisotopic (exact) mass is 304 g/mol. The lowest BCUT2D eigenvalue weighted by Gasteiger charge is -2.49. The largest absolute Gasteiger partial charge is 0.317 e. The number of nitrogens with one attached hydrogen (secondary N) is 1. The zero-order chi connectivity index (χ0) is 14.8. The van der Waals surface area contributed by atoms with Crippen molar-refractivity contribution < 1.29 is 4.79 Å². The van der Waals surface area contributed by atoms with E-state index in [2.05, 4.69) is 48.5 Å². The highest BCUT2D eigenvalue weighted by molar-refractivity contribution is 7.10. The third kappa shape index (κ3) is 1.78. The van der Waals surface area contributed by atoms with Crippen LogP contribution >= 0.6 is 11.3 Å². The van der Waals surface area contributed by atoms with Gasteiger partial charge in [-0.25, -0.2) is 0 Å². The molecular formula is C17H24N2OS. The van der Waals surface area contributed by atoms with Crippen LogP contribution in [0.15, 0.2) is 17.5 Å². The van der Waals surface area contributed by atoms with Gasteiger partial charge in [-0.3, -0.25) is 10.1 Å². The fraction of sp³-hybridized carbons (Fsp3) is 0.706. The number of rotatable bonds is 2. The molecule has 1 saturated heterocycles. The smallest absolute Gasteiger partial charge is 0.238 e. The average Bonchev–Trinajstić information content (AvgIpc) is 3.13. The summed E-state index contributed by atoms with van der Waals surface area (Å²) < 4.78 is 0. The molecule has 3 aliphatic rings. The van der Waals surface area contributed by atoms with Crippen LogP contribution in [0.3, 0.4) is 0 Å². The van der Waals surface area contributed by atoms with Gasteiger partial charge in [0, 0.05) is 10.9 Å². The molecule has 1 amide bonds. The number of hydrogen-bond donors (Lipinski definition) is 1. The number of carbonyl (C=O) groups excluding carboxylic acids is 1. The van der Waals surface area contributed by atoms with E-state index in [1.54, 1.807) is 11.3 Å². The number of hydrogen-bond acceptors (Lipinski definition) is 3. The molecule has 1 aliphatic heterocycles. The molecule has 0 spiro atoms.